The van der Waals surface area contributed by atoms with Gasteiger partial charge in [-0.2, -0.15) is 0 Å². The third-order valence-electron chi connectivity index (χ3n) is 1.57. The van der Waals surface area contributed by atoms with Crippen molar-refractivity contribution in [3.05, 3.63) is 31.0 Å². The van der Waals surface area contributed by atoms with Gasteiger partial charge in [-0.25, -0.2) is 9.97 Å². The number of furan rings is 1. The molecule has 0 aliphatic carbocycles. The molecule has 7 heteroatoms. The van der Waals surface area contributed by atoms with Gasteiger partial charge in [-0.3, -0.25) is 0 Å². The predicted molar refractivity (Wildman–Crippen MR) is 67.8 cm³/mol. The second-order valence-corrected chi connectivity index (χ2v) is 5.35. The Morgan fingerprint density at radius 2 is 1.93 bits per heavy atom. The third kappa shape index (κ3) is 2.43. The highest BCUT2D eigenvalue weighted by molar-refractivity contribution is 9.13. The minimum absolute atomic E-state index is 0.351. The molecule has 78 valence electrons. The van der Waals surface area contributed by atoms with Crippen LogP contribution in [0.1, 0.15) is 0 Å². The van der Waals surface area contributed by atoms with Crippen molar-refractivity contribution < 1.29 is 4.42 Å². The van der Waals surface area contributed by atoms with Crippen molar-refractivity contribution >= 4 is 59.4 Å². The largest absolute Gasteiger partial charge is 0.445 e. The first-order valence-corrected chi connectivity index (χ1v) is 6.47. The SMILES string of the molecule is Clc1nc(-c2cc(Br)c(Br)o2)ncc1Br. The molecule has 2 aromatic heterocycles. The lowest BCUT2D eigenvalue weighted by molar-refractivity contribution is 0.549. The van der Waals surface area contributed by atoms with Gasteiger partial charge in [0.15, 0.2) is 16.3 Å². The van der Waals surface area contributed by atoms with Crippen LogP contribution in [0.4, 0.5) is 0 Å². The molecule has 15 heavy (non-hydrogen) atoms. The summed E-state index contributed by atoms with van der Waals surface area (Å²) < 4.78 is 7.42. The Kier molecular flexibility index (Phi) is 3.49. The smallest absolute Gasteiger partial charge is 0.197 e. The highest BCUT2D eigenvalue weighted by Crippen LogP contribution is 2.32. The maximum absolute atomic E-state index is 5.85. The second-order valence-electron chi connectivity index (χ2n) is 2.56. The third-order valence-corrected chi connectivity index (χ3v) is 4.37. The van der Waals surface area contributed by atoms with Crippen molar-refractivity contribution in [1.82, 2.24) is 9.97 Å². The standard InChI is InChI=1S/C8H2Br3ClN2O/c9-3-1-5(15-6(3)11)8-13-2-4(10)7(12)14-8/h1-2H. The highest BCUT2D eigenvalue weighted by Gasteiger charge is 2.12. The van der Waals surface area contributed by atoms with Crippen LogP contribution in [0.2, 0.25) is 5.15 Å². The fourth-order valence-corrected chi connectivity index (χ4v) is 1.82. The molecule has 2 rings (SSSR count). The summed E-state index contributed by atoms with van der Waals surface area (Å²) in [4.78, 5) is 8.16. The van der Waals surface area contributed by atoms with Crippen LogP contribution in [0.25, 0.3) is 11.6 Å². The average molecular weight is 417 g/mol. The maximum atomic E-state index is 5.85. The van der Waals surface area contributed by atoms with E-state index in [0.29, 0.717) is 25.9 Å². The molecule has 0 N–H and O–H groups in total. The average Bonchev–Trinajstić information content (AvgIpc) is 2.52. The van der Waals surface area contributed by atoms with Crippen molar-refractivity contribution in [1.29, 1.82) is 0 Å². The summed E-state index contributed by atoms with van der Waals surface area (Å²) in [5.41, 5.74) is 0. The van der Waals surface area contributed by atoms with E-state index < -0.39 is 0 Å². The lowest BCUT2D eigenvalue weighted by Crippen LogP contribution is -1.87. The predicted octanol–water partition coefficient (Wildman–Crippen LogP) is 4.68. The van der Waals surface area contributed by atoms with Gasteiger partial charge in [-0.05, 0) is 47.8 Å². The summed E-state index contributed by atoms with van der Waals surface area (Å²) in [5.74, 6) is 0.984. The lowest BCUT2D eigenvalue weighted by atomic mass is 10.4. The summed E-state index contributed by atoms with van der Waals surface area (Å²) in [6.07, 6.45) is 1.58. The summed E-state index contributed by atoms with van der Waals surface area (Å²) >= 11 is 15.6. The van der Waals surface area contributed by atoms with E-state index in [-0.39, 0.29) is 0 Å². The van der Waals surface area contributed by atoms with Crippen molar-refractivity contribution in [3.63, 3.8) is 0 Å². The molecule has 2 heterocycles. The molecule has 0 radical (unpaired) electrons. The molecular formula is C8H2Br3ClN2O. The van der Waals surface area contributed by atoms with E-state index >= 15 is 0 Å². The van der Waals surface area contributed by atoms with Gasteiger partial charge in [0.25, 0.3) is 0 Å². The van der Waals surface area contributed by atoms with Crippen molar-refractivity contribution in [3.8, 4) is 11.6 Å². The van der Waals surface area contributed by atoms with Gasteiger partial charge in [0.2, 0.25) is 0 Å². The fraction of sp³-hybridized carbons (Fsp3) is 0. The molecule has 0 bridgehead atoms. The molecule has 0 amide bonds. The van der Waals surface area contributed by atoms with Crippen LogP contribution in [0, 0.1) is 0 Å². The molecule has 0 saturated heterocycles. The van der Waals surface area contributed by atoms with Crippen molar-refractivity contribution in [2.45, 2.75) is 0 Å². The van der Waals surface area contributed by atoms with Crippen molar-refractivity contribution in [2.75, 3.05) is 0 Å². The Hall–Kier alpha value is 0.0900. The molecule has 0 saturated carbocycles. The monoisotopic (exact) mass is 414 g/mol. The van der Waals surface area contributed by atoms with E-state index in [2.05, 4.69) is 57.8 Å². The molecule has 0 aromatic carbocycles. The molecule has 0 atom stereocenters. The van der Waals surface area contributed by atoms with E-state index in [0.717, 1.165) is 4.47 Å². The van der Waals surface area contributed by atoms with Gasteiger partial charge < -0.3 is 4.42 Å². The molecular weight excluding hydrogens is 415 g/mol. The van der Waals surface area contributed by atoms with Gasteiger partial charge >= 0.3 is 0 Å². The fourth-order valence-electron chi connectivity index (χ4n) is 0.922. The molecule has 0 fully saturated rings. The van der Waals surface area contributed by atoms with E-state index in [1.807, 2.05) is 0 Å². The maximum Gasteiger partial charge on any atom is 0.197 e. The van der Waals surface area contributed by atoms with Crippen LogP contribution in [-0.4, -0.2) is 9.97 Å². The first-order valence-electron chi connectivity index (χ1n) is 3.71. The molecule has 3 nitrogen and oxygen atoms in total. The Balaban J connectivity index is 2.49. The summed E-state index contributed by atoms with van der Waals surface area (Å²) in [6.45, 7) is 0. The number of aromatic nitrogens is 2. The Bertz CT molecular complexity index is 495. The van der Waals surface area contributed by atoms with Gasteiger partial charge in [0.1, 0.15) is 5.15 Å². The quantitative estimate of drug-likeness (QED) is 0.633. The van der Waals surface area contributed by atoms with E-state index in [1.165, 1.54) is 0 Å². The van der Waals surface area contributed by atoms with Gasteiger partial charge in [0.05, 0.1) is 8.95 Å². The molecule has 0 unspecified atom stereocenters. The van der Waals surface area contributed by atoms with Crippen LogP contribution < -0.4 is 0 Å². The zero-order valence-electron chi connectivity index (χ0n) is 6.97. The summed E-state index contributed by atoms with van der Waals surface area (Å²) in [5, 5.41) is 0.351. The molecule has 0 spiro atoms. The Labute approximate surface area is 116 Å². The first-order chi connectivity index (χ1) is 7.08. The second kappa shape index (κ2) is 4.53. The zero-order chi connectivity index (χ0) is 11.0. The number of hydrogen-bond donors (Lipinski definition) is 0. The lowest BCUT2D eigenvalue weighted by Gasteiger charge is -1.97. The Morgan fingerprint density at radius 3 is 2.47 bits per heavy atom. The molecule has 0 aliphatic heterocycles. The number of hydrogen-bond acceptors (Lipinski definition) is 3. The van der Waals surface area contributed by atoms with Gasteiger partial charge in [-0.15, -0.1) is 0 Å². The topological polar surface area (TPSA) is 38.9 Å². The minimum Gasteiger partial charge on any atom is -0.445 e. The van der Waals surface area contributed by atoms with E-state index in [9.17, 15) is 0 Å². The first kappa shape index (κ1) is 11.6. The van der Waals surface area contributed by atoms with Gasteiger partial charge in [-0.1, -0.05) is 11.6 Å². The van der Waals surface area contributed by atoms with Crippen LogP contribution in [0.5, 0.6) is 0 Å². The molecule has 2 aromatic rings. The van der Waals surface area contributed by atoms with E-state index in [4.69, 9.17) is 16.0 Å². The van der Waals surface area contributed by atoms with Crippen LogP contribution in [0.3, 0.4) is 0 Å². The molecule has 0 aliphatic rings. The number of halogens is 4. The summed E-state index contributed by atoms with van der Waals surface area (Å²) in [6, 6.07) is 1.77. The van der Waals surface area contributed by atoms with Crippen molar-refractivity contribution in [2.24, 2.45) is 0 Å². The van der Waals surface area contributed by atoms with E-state index in [1.54, 1.807) is 12.3 Å². The normalized spacial score (nSPS) is 10.7. The van der Waals surface area contributed by atoms with Gasteiger partial charge in [0, 0.05) is 12.3 Å². The highest BCUT2D eigenvalue weighted by atomic mass is 79.9. The van der Waals surface area contributed by atoms with Crippen LogP contribution in [0.15, 0.2) is 30.3 Å². The number of nitrogens with zero attached hydrogens (tertiary/aromatic N) is 2. The Morgan fingerprint density at radius 1 is 1.20 bits per heavy atom. The minimum atomic E-state index is 0.351. The zero-order valence-corrected chi connectivity index (χ0v) is 12.5. The van der Waals surface area contributed by atoms with Crippen LogP contribution in [-0.2, 0) is 0 Å². The van der Waals surface area contributed by atoms with Crippen LogP contribution >= 0.6 is 59.4 Å². The summed E-state index contributed by atoms with van der Waals surface area (Å²) in [7, 11) is 0. The number of rotatable bonds is 1.